The summed E-state index contributed by atoms with van der Waals surface area (Å²) in [5.74, 6) is -0.460. The molecule has 0 aliphatic heterocycles. The Morgan fingerprint density at radius 1 is 1.02 bits per heavy atom. The van der Waals surface area contributed by atoms with Crippen molar-refractivity contribution in [3.8, 4) is 5.75 Å². The lowest BCUT2D eigenvalue weighted by molar-refractivity contribution is -0.121. The minimum absolute atomic E-state index is 0.0940. The highest BCUT2D eigenvalue weighted by Crippen LogP contribution is 2.31. The topological polar surface area (TPSA) is 146 Å². The van der Waals surface area contributed by atoms with Crippen molar-refractivity contribution in [1.82, 2.24) is 24.6 Å². The van der Waals surface area contributed by atoms with Crippen molar-refractivity contribution >= 4 is 45.5 Å². The molecule has 0 aliphatic rings. The van der Waals surface area contributed by atoms with Crippen LogP contribution < -0.4 is 21.1 Å². The molecule has 2 aromatic heterocycles. The van der Waals surface area contributed by atoms with E-state index in [2.05, 4.69) is 32.8 Å². The molecule has 11 nitrogen and oxygen atoms in total. The summed E-state index contributed by atoms with van der Waals surface area (Å²) in [5.41, 5.74) is 8.89. The number of benzene rings is 3. The highest BCUT2D eigenvalue weighted by Gasteiger charge is 2.21. The van der Waals surface area contributed by atoms with Gasteiger partial charge >= 0.3 is 0 Å². The van der Waals surface area contributed by atoms with Crippen LogP contribution in [0, 0.1) is 6.92 Å². The summed E-state index contributed by atoms with van der Waals surface area (Å²) in [5, 5.41) is 12.5. The minimum atomic E-state index is -0.624. The molecule has 0 spiro atoms. The van der Waals surface area contributed by atoms with Crippen molar-refractivity contribution in [3.63, 3.8) is 0 Å². The van der Waals surface area contributed by atoms with Crippen molar-refractivity contribution in [1.29, 1.82) is 0 Å². The van der Waals surface area contributed by atoms with E-state index in [1.54, 1.807) is 27.4 Å². The number of fused-ring (bicyclic) bond motifs is 2. The number of hydrogen-bond donors (Lipinski definition) is 3. The highest BCUT2D eigenvalue weighted by atomic mass is 16.5. The van der Waals surface area contributed by atoms with Gasteiger partial charge in [-0.1, -0.05) is 36.4 Å². The largest absolute Gasteiger partial charge is 0.494 e. The second-order valence-electron chi connectivity index (χ2n) is 10.0. The maximum atomic E-state index is 13.3. The van der Waals surface area contributed by atoms with Crippen LogP contribution in [-0.2, 0) is 24.4 Å². The number of carbonyl (C=O) groups excluding carboxylic acids is 3. The third-order valence-corrected chi connectivity index (χ3v) is 7.06. The molecule has 0 saturated heterocycles. The van der Waals surface area contributed by atoms with E-state index in [0.29, 0.717) is 48.5 Å². The lowest BCUT2D eigenvalue weighted by atomic mass is 10.1. The number of nitrogens with one attached hydrogen (secondary N) is 2. The number of amides is 3. The van der Waals surface area contributed by atoms with Gasteiger partial charge in [0.2, 0.25) is 17.8 Å². The van der Waals surface area contributed by atoms with Crippen molar-refractivity contribution in [2.45, 2.75) is 46.3 Å². The molecule has 0 aliphatic carbocycles. The molecule has 42 heavy (non-hydrogen) atoms. The summed E-state index contributed by atoms with van der Waals surface area (Å²) >= 11 is 0. The van der Waals surface area contributed by atoms with E-state index in [-0.39, 0.29) is 29.7 Å². The second-order valence-corrected chi connectivity index (χ2v) is 10.0. The van der Waals surface area contributed by atoms with Crippen LogP contribution in [0.25, 0.3) is 21.8 Å². The Labute approximate surface area is 242 Å². The van der Waals surface area contributed by atoms with Gasteiger partial charge in [0.05, 0.1) is 18.3 Å². The van der Waals surface area contributed by atoms with Crippen LogP contribution in [0.4, 0.5) is 5.95 Å². The Hall–Kier alpha value is -5.19. The molecular formula is C31H33N7O4. The molecule has 0 fully saturated rings. The lowest BCUT2D eigenvalue weighted by Crippen LogP contribution is -2.23. The van der Waals surface area contributed by atoms with Crippen molar-refractivity contribution in [3.05, 3.63) is 83.2 Å². The van der Waals surface area contributed by atoms with Gasteiger partial charge in [-0.2, -0.15) is 5.10 Å². The van der Waals surface area contributed by atoms with Crippen molar-refractivity contribution in [2.24, 2.45) is 5.73 Å². The van der Waals surface area contributed by atoms with Gasteiger partial charge in [0.25, 0.3) is 5.91 Å². The maximum absolute atomic E-state index is 13.3. The van der Waals surface area contributed by atoms with E-state index in [4.69, 9.17) is 10.5 Å². The molecule has 2 heterocycles. The maximum Gasteiger partial charge on any atom is 0.276 e. The van der Waals surface area contributed by atoms with Gasteiger partial charge in [0.1, 0.15) is 17.0 Å². The first kappa shape index (κ1) is 28.3. The van der Waals surface area contributed by atoms with Crippen LogP contribution in [0.2, 0.25) is 0 Å². The Bertz CT molecular complexity index is 1800. The molecular weight excluding hydrogens is 534 g/mol. The second kappa shape index (κ2) is 12.1. The van der Waals surface area contributed by atoms with Crippen LogP contribution in [0.1, 0.15) is 51.9 Å². The van der Waals surface area contributed by atoms with Crippen LogP contribution in [0.5, 0.6) is 5.75 Å². The van der Waals surface area contributed by atoms with Gasteiger partial charge in [-0.3, -0.25) is 24.4 Å². The predicted octanol–water partition coefficient (Wildman–Crippen LogP) is 4.17. The van der Waals surface area contributed by atoms with Crippen LogP contribution in [0.3, 0.4) is 0 Å². The summed E-state index contributed by atoms with van der Waals surface area (Å²) in [6.07, 6.45) is 0.717. The Kier molecular flexibility index (Phi) is 8.19. The van der Waals surface area contributed by atoms with Gasteiger partial charge in [0.15, 0.2) is 0 Å². The van der Waals surface area contributed by atoms with Crippen molar-refractivity contribution < 1.29 is 19.1 Å². The molecule has 11 heteroatoms. The molecule has 5 aromatic rings. The van der Waals surface area contributed by atoms with E-state index >= 15 is 0 Å². The fraction of sp³-hybridized carbons (Fsp3) is 0.258. The Morgan fingerprint density at radius 2 is 1.81 bits per heavy atom. The smallest absolute Gasteiger partial charge is 0.276 e. The molecule has 0 bridgehead atoms. The molecule has 5 rings (SSSR count). The average Bonchev–Trinajstić information content (AvgIpc) is 3.54. The van der Waals surface area contributed by atoms with E-state index < -0.39 is 5.91 Å². The standard InChI is InChI=1S/C31H33N7O4/c1-4-38-25(14-19(2)36-38)30(41)35-31-34-24-16-23(29(32)40)17-26(42-3)28(24)37(31)13-7-10-27(39)33-18-20-11-12-21-8-5-6-9-22(21)15-20/h5-6,8-9,11-12,14-17H,4,7,10,13,18H2,1-3H3,(H2,32,40)(H,33,39)(H,34,35,41). The number of hydrogen-bond acceptors (Lipinski definition) is 6. The molecule has 0 radical (unpaired) electrons. The summed E-state index contributed by atoms with van der Waals surface area (Å²) in [6.45, 7) is 5.03. The molecule has 0 atom stereocenters. The van der Waals surface area contributed by atoms with Crippen molar-refractivity contribution in [2.75, 3.05) is 12.4 Å². The van der Waals surface area contributed by atoms with Gasteiger partial charge < -0.3 is 20.4 Å². The van der Waals surface area contributed by atoms with Gasteiger partial charge in [0, 0.05) is 31.6 Å². The number of carbonyl (C=O) groups is 3. The summed E-state index contributed by atoms with van der Waals surface area (Å²) in [7, 11) is 1.48. The lowest BCUT2D eigenvalue weighted by Gasteiger charge is -2.13. The fourth-order valence-corrected chi connectivity index (χ4v) is 5.01. The predicted molar refractivity (Wildman–Crippen MR) is 160 cm³/mol. The SMILES string of the molecule is CCn1nc(C)cc1C(=O)Nc1nc2cc(C(N)=O)cc(OC)c2n1CCCC(=O)NCc1ccc2ccccc2c1. The van der Waals surface area contributed by atoms with E-state index in [1.165, 1.54) is 7.11 Å². The fourth-order valence-electron chi connectivity index (χ4n) is 5.01. The monoisotopic (exact) mass is 567 g/mol. The normalized spacial score (nSPS) is 11.1. The number of ether oxygens (including phenoxy) is 1. The Balaban J connectivity index is 1.34. The van der Waals surface area contributed by atoms with Gasteiger partial charge in [-0.25, -0.2) is 4.98 Å². The number of nitrogens with zero attached hydrogens (tertiary/aromatic N) is 4. The number of methoxy groups -OCH3 is 1. The zero-order valence-corrected chi connectivity index (χ0v) is 23.8. The highest BCUT2D eigenvalue weighted by molar-refractivity contribution is 6.04. The molecule has 0 unspecified atom stereocenters. The number of aromatic nitrogens is 4. The zero-order chi connectivity index (χ0) is 29.8. The van der Waals surface area contributed by atoms with Gasteiger partial charge in [-0.15, -0.1) is 0 Å². The molecule has 0 saturated carbocycles. The number of anilines is 1. The quantitative estimate of drug-likeness (QED) is 0.218. The first-order valence-corrected chi connectivity index (χ1v) is 13.8. The van der Waals surface area contributed by atoms with Crippen LogP contribution >= 0.6 is 0 Å². The first-order valence-electron chi connectivity index (χ1n) is 13.8. The third kappa shape index (κ3) is 5.95. The first-order chi connectivity index (χ1) is 20.3. The molecule has 3 amide bonds. The summed E-state index contributed by atoms with van der Waals surface area (Å²) in [4.78, 5) is 42.5. The zero-order valence-electron chi connectivity index (χ0n) is 23.8. The summed E-state index contributed by atoms with van der Waals surface area (Å²) in [6, 6.07) is 19.0. The molecule has 4 N–H and O–H groups in total. The molecule has 3 aromatic carbocycles. The van der Waals surface area contributed by atoms with E-state index in [9.17, 15) is 14.4 Å². The van der Waals surface area contributed by atoms with Crippen LogP contribution in [-0.4, -0.2) is 44.2 Å². The molecule has 216 valence electrons. The third-order valence-electron chi connectivity index (χ3n) is 7.06. The van der Waals surface area contributed by atoms with E-state index in [1.807, 2.05) is 44.2 Å². The Morgan fingerprint density at radius 3 is 2.55 bits per heavy atom. The average molecular weight is 568 g/mol. The number of imidazole rings is 1. The van der Waals surface area contributed by atoms with Crippen LogP contribution in [0.15, 0.2) is 60.7 Å². The number of rotatable bonds is 11. The van der Waals surface area contributed by atoms with E-state index in [0.717, 1.165) is 22.0 Å². The minimum Gasteiger partial charge on any atom is -0.494 e. The number of primary amides is 1. The van der Waals surface area contributed by atoms with Gasteiger partial charge in [-0.05, 0) is 60.9 Å². The number of nitrogens with two attached hydrogens (primary N) is 1. The summed E-state index contributed by atoms with van der Waals surface area (Å²) < 4.78 is 8.97. The number of aryl methyl sites for hydroxylation is 3.